The minimum absolute atomic E-state index is 0.00979. The number of nitrogens with one attached hydrogen (secondary N) is 3. The quantitative estimate of drug-likeness (QED) is 0.168. The van der Waals surface area contributed by atoms with Crippen LogP contribution in [0.15, 0.2) is 76.0 Å². The molecule has 2 aliphatic rings. The van der Waals surface area contributed by atoms with Crippen LogP contribution < -0.4 is 15.4 Å². The van der Waals surface area contributed by atoms with Gasteiger partial charge in [0.15, 0.2) is 11.6 Å². The molecule has 15 heteroatoms. The van der Waals surface area contributed by atoms with E-state index in [0.29, 0.717) is 17.5 Å². The monoisotopic (exact) mass is 667 g/mol. The van der Waals surface area contributed by atoms with Gasteiger partial charge >= 0.3 is 0 Å². The standard InChI is InChI=1S/C31H33N5O8S2/c1-30(2,3)15-16-31(32-18-19-9-5-8-12-24(19)36(39)40)22-11-7-6-10-21(22)27(37)26(28(31)38)29-33-23-14-13-20(34-45(4,41)42)17-25(23)46(43,44)35-29/h5-14,17,26,32,34H,15-16,18H2,1-4H3,(H,33,35). The summed E-state index contributed by atoms with van der Waals surface area (Å²) >= 11 is 0. The summed E-state index contributed by atoms with van der Waals surface area (Å²) < 4.78 is 56.4. The normalized spacial score (nSPS) is 20.6. The van der Waals surface area contributed by atoms with Crippen LogP contribution in [0.1, 0.15) is 55.1 Å². The SMILES string of the molecule is CC(C)(C)CCC1(NCc2ccccc2[N+](=O)[O-])C(=O)C(C2=NS(=O)(=O)c3cc(NS(C)(=O)=O)ccc3N2)C(=O)c2ccccc21. The molecule has 1 aliphatic carbocycles. The highest BCUT2D eigenvalue weighted by atomic mass is 32.2. The first kappa shape index (κ1) is 32.9. The molecule has 0 amide bonds. The van der Waals surface area contributed by atoms with Crippen molar-refractivity contribution in [2.45, 2.75) is 50.6 Å². The Balaban J connectivity index is 1.63. The second-order valence-corrected chi connectivity index (χ2v) is 15.9. The van der Waals surface area contributed by atoms with Crippen LogP contribution in [0.3, 0.4) is 0 Å². The number of amidine groups is 1. The molecular formula is C31H33N5O8S2. The second-order valence-electron chi connectivity index (χ2n) is 12.6. The maximum atomic E-state index is 14.8. The number of anilines is 2. The number of nitro benzene ring substituents is 1. The Bertz CT molecular complexity index is 2020. The van der Waals surface area contributed by atoms with E-state index in [4.69, 9.17) is 0 Å². The van der Waals surface area contributed by atoms with E-state index in [-0.39, 0.29) is 45.9 Å². The minimum Gasteiger partial charge on any atom is -0.341 e. The highest BCUT2D eigenvalue weighted by molar-refractivity contribution is 7.92. The minimum atomic E-state index is -4.50. The number of nitro groups is 1. The summed E-state index contributed by atoms with van der Waals surface area (Å²) in [5, 5.41) is 17.9. The zero-order chi connectivity index (χ0) is 33.7. The van der Waals surface area contributed by atoms with E-state index in [1.165, 1.54) is 24.3 Å². The zero-order valence-corrected chi connectivity index (χ0v) is 27.2. The lowest BCUT2D eigenvalue weighted by Crippen LogP contribution is -2.59. The number of fused-ring (bicyclic) bond motifs is 2. The van der Waals surface area contributed by atoms with Crippen LogP contribution in [0.2, 0.25) is 0 Å². The van der Waals surface area contributed by atoms with Crippen LogP contribution in [-0.2, 0) is 36.9 Å². The van der Waals surface area contributed by atoms with Crippen LogP contribution in [0, 0.1) is 21.4 Å². The molecule has 3 aromatic carbocycles. The molecule has 0 saturated heterocycles. The first-order chi connectivity index (χ1) is 21.4. The molecule has 0 aromatic heterocycles. The number of carbonyl (C=O) groups excluding carboxylic acids is 2. The second kappa shape index (κ2) is 11.7. The van der Waals surface area contributed by atoms with Gasteiger partial charge in [0, 0.05) is 29.4 Å². The van der Waals surface area contributed by atoms with Crippen LogP contribution in [0.4, 0.5) is 17.1 Å². The molecule has 0 radical (unpaired) electrons. The highest BCUT2D eigenvalue weighted by Gasteiger charge is 2.54. The molecule has 1 heterocycles. The maximum Gasteiger partial charge on any atom is 0.286 e. The van der Waals surface area contributed by atoms with Crippen LogP contribution in [-0.4, -0.2) is 45.4 Å². The Morgan fingerprint density at radius 3 is 2.39 bits per heavy atom. The van der Waals surface area contributed by atoms with Crippen molar-refractivity contribution in [3.63, 3.8) is 0 Å². The molecule has 1 aliphatic heterocycles. The van der Waals surface area contributed by atoms with Gasteiger partial charge in [-0.05, 0) is 42.0 Å². The van der Waals surface area contributed by atoms with Gasteiger partial charge in [-0.3, -0.25) is 29.7 Å². The molecule has 3 aromatic rings. The molecule has 5 rings (SSSR count). The van der Waals surface area contributed by atoms with Crippen molar-refractivity contribution in [2.75, 3.05) is 16.3 Å². The fraction of sp³-hybridized carbons (Fsp3) is 0.323. The fourth-order valence-electron chi connectivity index (χ4n) is 5.73. The predicted molar refractivity (Wildman–Crippen MR) is 173 cm³/mol. The summed E-state index contributed by atoms with van der Waals surface area (Å²) in [6, 6.07) is 16.4. The number of hydrogen-bond donors (Lipinski definition) is 3. The molecule has 13 nitrogen and oxygen atoms in total. The number of rotatable bonds is 9. The number of Topliss-reactive ketones (excluding diaryl/α,β-unsaturated/α-hetero) is 2. The molecule has 242 valence electrons. The fourth-order valence-corrected chi connectivity index (χ4v) is 7.47. The highest BCUT2D eigenvalue weighted by Crippen LogP contribution is 2.43. The summed E-state index contributed by atoms with van der Waals surface area (Å²) in [6.07, 6.45) is 1.60. The molecule has 2 atom stereocenters. The van der Waals surface area contributed by atoms with Crippen molar-refractivity contribution in [3.05, 3.63) is 93.5 Å². The lowest BCUT2D eigenvalue weighted by Gasteiger charge is -2.43. The number of ketones is 2. The number of sulfonamides is 2. The van der Waals surface area contributed by atoms with Gasteiger partial charge in [0.2, 0.25) is 10.0 Å². The summed E-state index contributed by atoms with van der Waals surface area (Å²) in [5.41, 5.74) is -1.05. The lowest BCUT2D eigenvalue weighted by molar-refractivity contribution is -0.385. The Kier molecular flexibility index (Phi) is 8.38. The average molecular weight is 668 g/mol. The van der Waals surface area contributed by atoms with E-state index in [2.05, 4.69) is 19.8 Å². The third-order valence-corrected chi connectivity index (χ3v) is 9.87. The zero-order valence-electron chi connectivity index (χ0n) is 25.5. The smallest absolute Gasteiger partial charge is 0.286 e. The van der Waals surface area contributed by atoms with Gasteiger partial charge in [-0.15, -0.1) is 4.40 Å². The average Bonchev–Trinajstić information content (AvgIpc) is 2.96. The van der Waals surface area contributed by atoms with E-state index in [1.807, 2.05) is 20.8 Å². The van der Waals surface area contributed by atoms with Crippen LogP contribution in [0.5, 0.6) is 0 Å². The molecule has 3 N–H and O–H groups in total. The van der Waals surface area contributed by atoms with Crippen molar-refractivity contribution in [1.82, 2.24) is 5.32 Å². The first-order valence-electron chi connectivity index (χ1n) is 14.3. The third-order valence-electron chi connectivity index (χ3n) is 7.93. The van der Waals surface area contributed by atoms with Gasteiger partial charge in [0.05, 0.1) is 16.9 Å². The topological polar surface area (TPSA) is 194 Å². The molecule has 0 saturated carbocycles. The van der Waals surface area contributed by atoms with E-state index in [0.717, 1.165) is 12.3 Å². The summed E-state index contributed by atoms with van der Waals surface area (Å²) in [5.74, 6) is -3.36. The maximum absolute atomic E-state index is 14.8. The first-order valence-corrected chi connectivity index (χ1v) is 17.6. The summed E-state index contributed by atoms with van der Waals surface area (Å²) in [6.45, 7) is 5.88. The van der Waals surface area contributed by atoms with E-state index in [9.17, 15) is 36.5 Å². The van der Waals surface area contributed by atoms with Gasteiger partial charge < -0.3 is 5.32 Å². The third kappa shape index (κ3) is 6.43. The number of carbonyl (C=O) groups is 2. The van der Waals surface area contributed by atoms with Crippen LogP contribution in [0.25, 0.3) is 0 Å². The molecule has 46 heavy (non-hydrogen) atoms. The van der Waals surface area contributed by atoms with Gasteiger partial charge in [0.25, 0.3) is 15.7 Å². The van der Waals surface area contributed by atoms with E-state index in [1.54, 1.807) is 36.4 Å². The Labute approximate surface area is 266 Å². The summed E-state index contributed by atoms with van der Waals surface area (Å²) in [7, 11) is -8.20. The van der Waals surface area contributed by atoms with Crippen molar-refractivity contribution in [2.24, 2.45) is 15.7 Å². The van der Waals surface area contributed by atoms with E-state index >= 15 is 0 Å². The van der Waals surface area contributed by atoms with Gasteiger partial charge in [-0.1, -0.05) is 63.2 Å². The van der Waals surface area contributed by atoms with Crippen molar-refractivity contribution in [3.8, 4) is 0 Å². The summed E-state index contributed by atoms with van der Waals surface area (Å²) in [4.78, 5) is 39.8. The Morgan fingerprint density at radius 2 is 1.72 bits per heavy atom. The molecular weight excluding hydrogens is 635 g/mol. The molecule has 0 spiro atoms. The Hall–Kier alpha value is -4.47. The predicted octanol–water partition coefficient (Wildman–Crippen LogP) is 4.37. The molecule has 0 bridgehead atoms. The van der Waals surface area contributed by atoms with Crippen LogP contribution >= 0.6 is 0 Å². The van der Waals surface area contributed by atoms with Gasteiger partial charge in [-0.2, -0.15) is 8.42 Å². The Morgan fingerprint density at radius 1 is 1.04 bits per heavy atom. The largest absolute Gasteiger partial charge is 0.341 e. The molecule has 0 fully saturated rings. The molecule has 2 unspecified atom stereocenters. The lowest BCUT2D eigenvalue weighted by atomic mass is 9.66. The number of nitrogens with zero attached hydrogens (tertiary/aromatic N) is 2. The number of benzene rings is 3. The van der Waals surface area contributed by atoms with E-state index < -0.39 is 53.8 Å². The number of para-hydroxylation sites is 1. The van der Waals surface area contributed by atoms with Crippen molar-refractivity contribution in [1.29, 1.82) is 0 Å². The van der Waals surface area contributed by atoms with Crippen molar-refractivity contribution < 1.29 is 31.3 Å². The van der Waals surface area contributed by atoms with Crippen molar-refractivity contribution >= 4 is 54.5 Å². The van der Waals surface area contributed by atoms with Gasteiger partial charge in [-0.25, -0.2) is 8.42 Å². The van der Waals surface area contributed by atoms with Gasteiger partial charge in [0.1, 0.15) is 22.2 Å². The number of hydrogen-bond acceptors (Lipinski definition) is 10.